The van der Waals surface area contributed by atoms with Crippen molar-refractivity contribution >= 4 is 17.5 Å². The summed E-state index contributed by atoms with van der Waals surface area (Å²) in [7, 11) is 0. The molecule has 1 fully saturated rings. The van der Waals surface area contributed by atoms with Crippen LogP contribution in [0.15, 0.2) is 42.6 Å². The van der Waals surface area contributed by atoms with Crippen LogP contribution in [0.5, 0.6) is 0 Å². The molecule has 2 heterocycles. The van der Waals surface area contributed by atoms with E-state index in [-0.39, 0.29) is 17.5 Å². The van der Waals surface area contributed by atoms with E-state index in [4.69, 9.17) is 0 Å². The first-order valence-corrected chi connectivity index (χ1v) is 9.48. The molecule has 1 atom stereocenters. The molecule has 3 rings (SSSR count). The molecule has 1 aliphatic heterocycles. The fraction of sp³-hybridized carbons (Fsp3) is 0.429. The molecule has 2 N–H and O–H groups in total. The molecule has 2 amide bonds. The molecule has 0 bridgehead atoms. The molecule has 156 valence electrons. The van der Waals surface area contributed by atoms with Crippen molar-refractivity contribution in [2.75, 3.05) is 23.3 Å². The molecular weight excluding hydrogens is 381 g/mol. The minimum Gasteiger partial charge on any atom is -0.354 e. The van der Waals surface area contributed by atoms with Crippen LogP contribution in [0.4, 0.5) is 29.5 Å². The molecule has 5 nitrogen and oxygen atoms in total. The summed E-state index contributed by atoms with van der Waals surface area (Å²) in [6.45, 7) is 7.48. The van der Waals surface area contributed by atoms with E-state index in [0.717, 1.165) is 12.3 Å². The first-order chi connectivity index (χ1) is 13.5. The number of urea groups is 1. The first kappa shape index (κ1) is 21.0. The van der Waals surface area contributed by atoms with Crippen molar-refractivity contribution in [3.8, 4) is 0 Å². The van der Waals surface area contributed by atoms with Crippen molar-refractivity contribution in [1.82, 2.24) is 10.3 Å². The van der Waals surface area contributed by atoms with Crippen LogP contribution in [0, 0.1) is 0 Å². The summed E-state index contributed by atoms with van der Waals surface area (Å²) in [5.74, 6) is 0.473. The van der Waals surface area contributed by atoms with Crippen molar-refractivity contribution < 1.29 is 18.0 Å². The fourth-order valence-corrected chi connectivity index (χ4v) is 3.23. The van der Waals surface area contributed by atoms with E-state index in [9.17, 15) is 18.0 Å². The Morgan fingerprint density at radius 3 is 2.28 bits per heavy atom. The average Bonchev–Trinajstić information content (AvgIpc) is 3.09. The first-order valence-electron chi connectivity index (χ1n) is 9.48. The smallest absolute Gasteiger partial charge is 0.354 e. The molecule has 0 radical (unpaired) electrons. The summed E-state index contributed by atoms with van der Waals surface area (Å²) in [5, 5.41) is 5.73. The Morgan fingerprint density at radius 2 is 1.72 bits per heavy atom. The van der Waals surface area contributed by atoms with E-state index >= 15 is 0 Å². The molecule has 29 heavy (non-hydrogen) atoms. The number of alkyl halides is 3. The number of hydrogen-bond acceptors (Lipinski definition) is 3. The summed E-state index contributed by atoms with van der Waals surface area (Å²) in [4.78, 5) is 18.0. The largest absolute Gasteiger partial charge is 0.417 e. The van der Waals surface area contributed by atoms with Gasteiger partial charge in [-0.3, -0.25) is 0 Å². The number of carbonyl (C=O) groups is 1. The molecule has 1 aromatic carbocycles. The van der Waals surface area contributed by atoms with Gasteiger partial charge in [-0.05, 0) is 41.7 Å². The standard InChI is InChI=1S/C21H25F3N4O/c1-20(2,3)14-4-7-16(8-5-14)26-19(29)27-17-10-11-28(13-17)18-9-6-15(12-25-18)21(22,23)24/h4-9,12,17H,10-11,13H2,1-3H3,(H2,26,27,29). The molecule has 1 aromatic heterocycles. The molecule has 0 aliphatic carbocycles. The van der Waals surface area contributed by atoms with E-state index in [1.165, 1.54) is 11.6 Å². The zero-order chi connectivity index (χ0) is 21.2. The number of anilines is 2. The lowest BCUT2D eigenvalue weighted by Crippen LogP contribution is -2.39. The number of amides is 2. The van der Waals surface area contributed by atoms with Crippen LogP contribution in [0.3, 0.4) is 0 Å². The Hall–Kier alpha value is -2.77. The number of hydrogen-bond donors (Lipinski definition) is 2. The van der Waals surface area contributed by atoms with E-state index in [1.54, 1.807) is 0 Å². The molecule has 1 aliphatic rings. The Kier molecular flexibility index (Phi) is 5.73. The number of benzene rings is 1. The van der Waals surface area contributed by atoms with E-state index < -0.39 is 11.7 Å². The van der Waals surface area contributed by atoms with E-state index in [1.807, 2.05) is 29.2 Å². The number of pyridine rings is 1. The van der Waals surface area contributed by atoms with Crippen molar-refractivity contribution in [3.63, 3.8) is 0 Å². The molecule has 1 saturated heterocycles. The third-order valence-corrected chi connectivity index (χ3v) is 4.93. The highest BCUT2D eigenvalue weighted by Gasteiger charge is 2.31. The van der Waals surface area contributed by atoms with Crippen molar-refractivity contribution in [1.29, 1.82) is 0 Å². The number of aromatic nitrogens is 1. The Morgan fingerprint density at radius 1 is 1.07 bits per heavy atom. The maximum Gasteiger partial charge on any atom is 0.417 e. The maximum absolute atomic E-state index is 12.7. The van der Waals surface area contributed by atoms with Gasteiger partial charge in [0.25, 0.3) is 0 Å². The number of halogens is 3. The Bertz CT molecular complexity index is 842. The molecule has 0 saturated carbocycles. The van der Waals surface area contributed by atoms with Gasteiger partial charge in [-0.25, -0.2) is 9.78 Å². The fourth-order valence-electron chi connectivity index (χ4n) is 3.23. The predicted molar refractivity (Wildman–Crippen MR) is 107 cm³/mol. The lowest BCUT2D eigenvalue weighted by molar-refractivity contribution is -0.137. The van der Waals surface area contributed by atoms with Crippen LogP contribution in [0.1, 0.15) is 38.3 Å². The third-order valence-electron chi connectivity index (χ3n) is 4.93. The van der Waals surface area contributed by atoms with Gasteiger partial charge in [-0.2, -0.15) is 13.2 Å². The monoisotopic (exact) mass is 406 g/mol. The highest BCUT2D eigenvalue weighted by molar-refractivity contribution is 5.89. The quantitative estimate of drug-likeness (QED) is 0.770. The summed E-state index contributed by atoms with van der Waals surface area (Å²) < 4.78 is 38.0. The van der Waals surface area contributed by atoms with Gasteiger partial charge in [0, 0.05) is 31.0 Å². The number of carbonyl (C=O) groups excluding carboxylic acids is 1. The van der Waals surface area contributed by atoms with Gasteiger partial charge in [0.05, 0.1) is 5.56 Å². The number of rotatable bonds is 3. The minimum atomic E-state index is -4.40. The highest BCUT2D eigenvalue weighted by atomic mass is 19.4. The second-order valence-electron chi connectivity index (χ2n) is 8.26. The van der Waals surface area contributed by atoms with Gasteiger partial charge in [-0.15, -0.1) is 0 Å². The number of nitrogens with zero attached hydrogens (tertiary/aromatic N) is 2. The van der Waals surface area contributed by atoms with Gasteiger partial charge in [0.1, 0.15) is 5.82 Å². The minimum absolute atomic E-state index is 0.0421. The van der Waals surface area contributed by atoms with Crippen LogP contribution in [0.25, 0.3) is 0 Å². The topological polar surface area (TPSA) is 57.3 Å². The van der Waals surface area contributed by atoms with Gasteiger partial charge < -0.3 is 15.5 Å². The van der Waals surface area contributed by atoms with Crippen LogP contribution in [-0.2, 0) is 11.6 Å². The molecule has 0 spiro atoms. The highest BCUT2D eigenvalue weighted by Crippen LogP contribution is 2.30. The molecule has 1 unspecified atom stereocenters. The lowest BCUT2D eigenvalue weighted by atomic mass is 9.87. The summed E-state index contributed by atoms with van der Waals surface area (Å²) in [6.07, 6.45) is -2.87. The Labute approximate surface area is 168 Å². The zero-order valence-corrected chi connectivity index (χ0v) is 16.7. The number of nitrogens with one attached hydrogen (secondary N) is 2. The second kappa shape index (κ2) is 7.93. The van der Waals surface area contributed by atoms with Crippen LogP contribution >= 0.6 is 0 Å². The molecular formula is C21H25F3N4O. The van der Waals surface area contributed by atoms with Gasteiger partial charge in [0.2, 0.25) is 0 Å². The summed E-state index contributed by atoms with van der Waals surface area (Å²) >= 11 is 0. The van der Waals surface area contributed by atoms with Crippen molar-refractivity contribution in [3.05, 3.63) is 53.7 Å². The van der Waals surface area contributed by atoms with Gasteiger partial charge in [0.15, 0.2) is 0 Å². The van der Waals surface area contributed by atoms with Crippen molar-refractivity contribution in [2.24, 2.45) is 0 Å². The lowest BCUT2D eigenvalue weighted by Gasteiger charge is -2.20. The van der Waals surface area contributed by atoms with Crippen LogP contribution in [0.2, 0.25) is 0 Å². The SMILES string of the molecule is CC(C)(C)c1ccc(NC(=O)NC2CCN(c3ccc(C(F)(F)F)cn3)C2)cc1. The summed E-state index contributed by atoms with van der Waals surface area (Å²) in [6, 6.07) is 9.69. The molecule has 8 heteroatoms. The average molecular weight is 406 g/mol. The Balaban J connectivity index is 1.52. The van der Waals surface area contributed by atoms with E-state index in [2.05, 4.69) is 36.4 Å². The molecule has 2 aromatic rings. The summed E-state index contributed by atoms with van der Waals surface area (Å²) in [5.41, 5.74) is 1.15. The van der Waals surface area contributed by atoms with Gasteiger partial charge >= 0.3 is 12.2 Å². The van der Waals surface area contributed by atoms with Crippen LogP contribution < -0.4 is 15.5 Å². The van der Waals surface area contributed by atoms with Crippen LogP contribution in [-0.4, -0.2) is 30.1 Å². The van der Waals surface area contributed by atoms with Gasteiger partial charge in [-0.1, -0.05) is 32.9 Å². The zero-order valence-electron chi connectivity index (χ0n) is 16.7. The maximum atomic E-state index is 12.7. The second-order valence-corrected chi connectivity index (χ2v) is 8.26. The van der Waals surface area contributed by atoms with E-state index in [0.29, 0.717) is 31.0 Å². The normalized spacial score (nSPS) is 17.3. The van der Waals surface area contributed by atoms with Crippen molar-refractivity contribution in [2.45, 2.75) is 44.8 Å². The predicted octanol–water partition coefficient (Wildman–Crippen LogP) is 4.80. The third kappa shape index (κ3) is 5.40.